The number of alkyl halides is 1. The predicted molar refractivity (Wildman–Crippen MR) is 47.0 cm³/mol. The molecule has 0 aromatic carbocycles. The summed E-state index contributed by atoms with van der Waals surface area (Å²) in [5, 5.41) is 11.8. The third-order valence-electron chi connectivity index (χ3n) is 1.44. The average Bonchev–Trinajstić information content (AvgIpc) is 2.15. The van der Waals surface area contributed by atoms with Gasteiger partial charge >= 0.3 is 0 Å². The van der Waals surface area contributed by atoms with Crippen LogP contribution in [0.3, 0.4) is 0 Å². The normalized spacial score (nSPS) is 12.5. The summed E-state index contributed by atoms with van der Waals surface area (Å²) in [4.78, 5) is 7.56. The Bertz CT molecular complexity index is 267. The van der Waals surface area contributed by atoms with Crippen LogP contribution in [0.1, 0.15) is 12.6 Å². The fourth-order valence-corrected chi connectivity index (χ4v) is 0.820. The number of rotatable bonds is 4. The van der Waals surface area contributed by atoms with Crippen LogP contribution in [0.2, 0.25) is 0 Å². The van der Waals surface area contributed by atoms with Crippen molar-refractivity contribution in [2.24, 2.45) is 0 Å². The molecule has 1 atom stereocenters. The molecule has 1 aromatic heterocycles. The largest absolute Gasteiger partial charge is 0.392 e. The number of hydrogen-bond acceptors (Lipinski definition) is 4. The second-order valence-electron chi connectivity index (χ2n) is 2.76. The Morgan fingerprint density at radius 2 is 2.38 bits per heavy atom. The number of halogens is 1. The first-order valence-corrected chi connectivity index (χ1v) is 4.01. The molecule has 5 heteroatoms. The minimum Gasteiger partial charge on any atom is -0.392 e. The first kappa shape index (κ1) is 9.85. The summed E-state index contributed by atoms with van der Waals surface area (Å²) in [6.07, 6.45) is 0.836. The van der Waals surface area contributed by atoms with E-state index in [4.69, 9.17) is 5.11 Å². The Morgan fingerprint density at radius 3 is 3.00 bits per heavy atom. The van der Waals surface area contributed by atoms with E-state index in [0.717, 1.165) is 0 Å². The van der Waals surface area contributed by atoms with Crippen molar-refractivity contribution in [2.75, 3.05) is 11.9 Å². The second-order valence-corrected chi connectivity index (χ2v) is 2.76. The Labute approximate surface area is 75.8 Å². The average molecular weight is 185 g/mol. The molecule has 2 N–H and O–H groups in total. The van der Waals surface area contributed by atoms with Crippen LogP contribution in [0.25, 0.3) is 0 Å². The minimum absolute atomic E-state index is 0.336. The molecule has 13 heavy (non-hydrogen) atoms. The highest BCUT2D eigenvalue weighted by molar-refractivity contribution is 5.34. The van der Waals surface area contributed by atoms with Crippen LogP contribution in [0.5, 0.6) is 0 Å². The van der Waals surface area contributed by atoms with Crippen molar-refractivity contribution in [2.45, 2.75) is 19.7 Å². The number of anilines is 1. The van der Waals surface area contributed by atoms with Gasteiger partial charge in [-0.3, -0.25) is 0 Å². The monoisotopic (exact) mass is 185 g/mol. The van der Waals surface area contributed by atoms with Gasteiger partial charge < -0.3 is 10.4 Å². The number of nitrogens with one attached hydrogen (secondary N) is 1. The number of aromatic nitrogens is 2. The van der Waals surface area contributed by atoms with Crippen LogP contribution in [0, 0.1) is 0 Å². The SMILES string of the molecule is CC(O)CNc1cc(CF)ncn1. The lowest BCUT2D eigenvalue weighted by Crippen LogP contribution is -2.16. The number of nitrogens with zero attached hydrogens (tertiary/aromatic N) is 2. The minimum atomic E-state index is -0.605. The molecule has 0 spiro atoms. The van der Waals surface area contributed by atoms with Crippen LogP contribution < -0.4 is 5.32 Å². The third-order valence-corrected chi connectivity index (χ3v) is 1.44. The lowest BCUT2D eigenvalue weighted by molar-refractivity contribution is 0.208. The van der Waals surface area contributed by atoms with Gasteiger partial charge in [-0.15, -0.1) is 0 Å². The van der Waals surface area contributed by atoms with Crippen molar-refractivity contribution in [3.05, 3.63) is 18.1 Å². The van der Waals surface area contributed by atoms with Crippen molar-refractivity contribution in [1.82, 2.24) is 9.97 Å². The molecule has 0 fully saturated rings. The smallest absolute Gasteiger partial charge is 0.132 e. The van der Waals surface area contributed by atoms with E-state index < -0.39 is 12.8 Å². The predicted octanol–water partition coefficient (Wildman–Crippen LogP) is 0.739. The van der Waals surface area contributed by atoms with E-state index in [1.165, 1.54) is 12.4 Å². The molecular formula is C8H12FN3O. The van der Waals surface area contributed by atoms with Gasteiger partial charge in [-0.05, 0) is 6.92 Å². The maximum Gasteiger partial charge on any atom is 0.132 e. The summed E-state index contributed by atoms with van der Waals surface area (Å²) >= 11 is 0. The van der Waals surface area contributed by atoms with E-state index in [9.17, 15) is 4.39 Å². The number of aliphatic hydroxyl groups excluding tert-OH is 1. The summed E-state index contributed by atoms with van der Waals surface area (Å²) in [6, 6.07) is 1.52. The molecule has 0 aliphatic rings. The molecule has 1 unspecified atom stereocenters. The van der Waals surface area contributed by atoms with E-state index in [1.807, 2.05) is 0 Å². The molecule has 0 bridgehead atoms. The molecule has 72 valence electrons. The highest BCUT2D eigenvalue weighted by atomic mass is 19.1. The number of aliphatic hydroxyl groups is 1. The summed E-state index contributed by atoms with van der Waals surface area (Å²) < 4.78 is 12.1. The van der Waals surface area contributed by atoms with E-state index >= 15 is 0 Å². The van der Waals surface area contributed by atoms with Crippen molar-refractivity contribution in [3.8, 4) is 0 Å². The molecule has 0 aliphatic heterocycles. The van der Waals surface area contributed by atoms with Gasteiger partial charge in [0.15, 0.2) is 0 Å². The number of hydrogen-bond donors (Lipinski definition) is 2. The summed E-state index contributed by atoms with van der Waals surface area (Å²) in [5.74, 6) is 0.531. The van der Waals surface area contributed by atoms with E-state index in [0.29, 0.717) is 18.1 Å². The van der Waals surface area contributed by atoms with Gasteiger partial charge in [-0.25, -0.2) is 14.4 Å². The molecule has 0 saturated carbocycles. The highest BCUT2D eigenvalue weighted by Crippen LogP contribution is 2.04. The van der Waals surface area contributed by atoms with Crippen LogP contribution in [0.4, 0.5) is 10.2 Å². The highest BCUT2D eigenvalue weighted by Gasteiger charge is 1.99. The molecule has 0 aliphatic carbocycles. The third kappa shape index (κ3) is 3.33. The van der Waals surface area contributed by atoms with Gasteiger partial charge in [0.1, 0.15) is 18.8 Å². The van der Waals surface area contributed by atoms with E-state index in [2.05, 4.69) is 15.3 Å². The zero-order valence-corrected chi connectivity index (χ0v) is 7.37. The van der Waals surface area contributed by atoms with Crippen molar-refractivity contribution < 1.29 is 9.50 Å². The first-order chi connectivity index (χ1) is 6.22. The standard InChI is InChI=1S/C8H12FN3O/c1-6(13)4-10-8-2-7(3-9)11-5-12-8/h2,5-6,13H,3-4H2,1H3,(H,10,11,12). The van der Waals surface area contributed by atoms with E-state index in [1.54, 1.807) is 6.92 Å². The molecule has 0 radical (unpaired) electrons. The zero-order valence-electron chi connectivity index (χ0n) is 7.37. The van der Waals surface area contributed by atoms with Crippen molar-refractivity contribution in [3.63, 3.8) is 0 Å². The lowest BCUT2D eigenvalue weighted by atomic mass is 10.4. The Hall–Kier alpha value is -1.23. The fourth-order valence-electron chi connectivity index (χ4n) is 0.820. The fraction of sp³-hybridized carbons (Fsp3) is 0.500. The lowest BCUT2D eigenvalue weighted by Gasteiger charge is -2.07. The molecule has 4 nitrogen and oxygen atoms in total. The Kier molecular flexibility index (Phi) is 3.57. The van der Waals surface area contributed by atoms with Crippen LogP contribution >= 0.6 is 0 Å². The quantitative estimate of drug-likeness (QED) is 0.726. The summed E-state index contributed by atoms with van der Waals surface area (Å²) in [6.45, 7) is 1.44. The maximum absolute atomic E-state index is 12.1. The van der Waals surface area contributed by atoms with Crippen LogP contribution in [-0.2, 0) is 6.67 Å². The van der Waals surface area contributed by atoms with Gasteiger partial charge in [0.05, 0.1) is 11.8 Å². The first-order valence-electron chi connectivity index (χ1n) is 4.01. The van der Waals surface area contributed by atoms with Gasteiger partial charge in [-0.2, -0.15) is 0 Å². The van der Waals surface area contributed by atoms with E-state index in [-0.39, 0.29) is 0 Å². The van der Waals surface area contributed by atoms with Gasteiger partial charge in [0.2, 0.25) is 0 Å². The molecule has 1 rings (SSSR count). The Morgan fingerprint density at radius 1 is 1.62 bits per heavy atom. The van der Waals surface area contributed by atoms with Crippen LogP contribution in [0.15, 0.2) is 12.4 Å². The van der Waals surface area contributed by atoms with Gasteiger partial charge in [0, 0.05) is 12.6 Å². The summed E-state index contributed by atoms with van der Waals surface area (Å²) in [7, 11) is 0. The topological polar surface area (TPSA) is 58.0 Å². The molecule has 0 amide bonds. The molecule has 0 saturated heterocycles. The maximum atomic E-state index is 12.1. The molecular weight excluding hydrogens is 173 g/mol. The molecule has 1 heterocycles. The van der Waals surface area contributed by atoms with Crippen molar-refractivity contribution >= 4 is 5.82 Å². The molecule has 1 aromatic rings. The summed E-state index contributed by atoms with van der Waals surface area (Å²) in [5.41, 5.74) is 0.336. The Balaban J connectivity index is 2.56. The zero-order chi connectivity index (χ0) is 9.68. The van der Waals surface area contributed by atoms with Gasteiger partial charge in [-0.1, -0.05) is 0 Å². The second kappa shape index (κ2) is 4.71. The van der Waals surface area contributed by atoms with Crippen molar-refractivity contribution in [1.29, 1.82) is 0 Å². The van der Waals surface area contributed by atoms with Gasteiger partial charge in [0.25, 0.3) is 0 Å². The van der Waals surface area contributed by atoms with Crippen LogP contribution in [-0.4, -0.2) is 27.7 Å².